The number of nitrogens with zero attached hydrogens (tertiary/aromatic N) is 2. The summed E-state index contributed by atoms with van der Waals surface area (Å²) in [5, 5.41) is 1.09. The number of aromatic amines is 1. The summed E-state index contributed by atoms with van der Waals surface area (Å²) in [6.45, 7) is 6.21. The molecule has 0 spiro atoms. The van der Waals surface area contributed by atoms with E-state index in [0.717, 1.165) is 22.6 Å². The number of fused-ring (bicyclic) bond motifs is 1. The number of rotatable bonds is 1. The van der Waals surface area contributed by atoms with E-state index in [-0.39, 0.29) is 0 Å². The smallest absolute Gasteiger partial charge is 0.141 e. The molecule has 0 aliphatic carbocycles. The normalized spacial score (nSPS) is 11.4. The highest BCUT2D eigenvalue weighted by Gasteiger charge is 2.05. The molecule has 3 nitrogen and oxygen atoms in total. The Morgan fingerprint density at radius 2 is 2.15 bits per heavy atom. The zero-order valence-electron chi connectivity index (χ0n) is 8.13. The lowest BCUT2D eigenvalue weighted by Gasteiger charge is -2.01. The molecule has 68 valence electrons. The third-order valence-corrected chi connectivity index (χ3v) is 2.04. The zero-order chi connectivity index (χ0) is 9.42. The summed E-state index contributed by atoms with van der Waals surface area (Å²) < 4.78 is 0. The summed E-state index contributed by atoms with van der Waals surface area (Å²) >= 11 is 0. The first-order valence-corrected chi connectivity index (χ1v) is 4.49. The van der Waals surface area contributed by atoms with Gasteiger partial charge in [-0.2, -0.15) is 0 Å². The Kier molecular flexibility index (Phi) is 1.79. The first-order chi connectivity index (χ1) is 6.16. The lowest BCUT2D eigenvalue weighted by atomic mass is 10.2. The van der Waals surface area contributed by atoms with Crippen LogP contribution >= 0.6 is 0 Å². The van der Waals surface area contributed by atoms with Crippen LogP contribution in [0.5, 0.6) is 0 Å². The number of aryl methyl sites for hydroxylation is 1. The maximum atomic E-state index is 4.43. The monoisotopic (exact) mass is 175 g/mol. The van der Waals surface area contributed by atoms with E-state index in [9.17, 15) is 0 Å². The van der Waals surface area contributed by atoms with E-state index in [1.165, 1.54) is 0 Å². The van der Waals surface area contributed by atoms with Gasteiger partial charge in [0, 0.05) is 23.2 Å². The predicted molar refractivity (Wildman–Crippen MR) is 52.7 cm³/mol. The van der Waals surface area contributed by atoms with Crippen LogP contribution < -0.4 is 0 Å². The van der Waals surface area contributed by atoms with Crippen molar-refractivity contribution < 1.29 is 0 Å². The molecule has 0 atom stereocenters. The molecular formula is C10H13N3. The molecule has 13 heavy (non-hydrogen) atoms. The molecular weight excluding hydrogens is 162 g/mol. The van der Waals surface area contributed by atoms with Gasteiger partial charge in [0.25, 0.3) is 0 Å². The van der Waals surface area contributed by atoms with E-state index < -0.39 is 0 Å². The molecule has 2 rings (SSSR count). The van der Waals surface area contributed by atoms with Crippen LogP contribution in [0.3, 0.4) is 0 Å². The fraction of sp³-hybridized carbons (Fsp3) is 0.400. The number of H-pyrrole nitrogens is 1. The Morgan fingerprint density at radius 3 is 2.85 bits per heavy atom. The van der Waals surface area contributed by atoms with Crippen LogP contribution in [0, 0.1) is 6.92 Å². The molecule has 0 aromatic carbocycles. The average molecular weight is 175 g/mol. The van der Waals surface area contributed by atoms with Crippen molar-refractivity contribution in [1.29, 1.82) is 0 Å². The molecule has 0 unspecified atom stereocenters. The molecule has 0 aliphatic heterocycles. The summed E-state index contributed by atoms with van der Waals surface area (Å²) in [5.41, 5.74) is 2.07. The fourth-order valence-corrected chi connectivity index (χ4v) is 1.34. The molecule has 2 heterocycles. The molecule has 0 bridgehead atoms. The number of hydrogen-bond acceptors (Lipinski definition) is 2. The van der Waals surface area contributed by atoms with Gasteiger partial charge in [0.15, 0.2) is 0 Å². The van der Waals surface area contributed by atoms with Crippen molar-refractivity contribution in [2.75, 3.05) is 0 Å². The van der Waals surface area contributed by atoms with Gasteiger partial charge in [0.05, 0.1) is 0 Å². The molecule has 1 N–H and O–H groups in total. The zero-order valence-corrected chi connectivity index (χ0v) is 8.13. The van der Waals surface area contributed by atoms with Gasteiger partial charge in [-0.3, -0.25) is 0 Å². The average Bonchev–Trinajstić information content (AvgIpc) is 2.42. The van der Waals surface area contributed by atoms with Gasteiger partial charge in [-0.15, -0.1) is 0 Å². The summed E-state index contributed by atoms with van der Waals surface area (Å²) in [4.78, 5) is 11.9. The third kappa shape index (κ3) is 1.41. The van der Waals surface area contributed by atoms with E-state index >= 15 is 0 Å². The van der Waals surface area contributed by atoms with Crippen LogP contribution in [-0.4, -0.2) is 15.0 Å². The van der Waals surface area contributed by atoms with Crippen molar-refractivity contribution in [3.8, 4) is 0 Å². The number of hydrogen-bond donors (Lipinski definition) is 1. The Balaban J connectivity index is 2.61. The first kappa shape index (κ1) is 8.23. The molecule has 0 saturated heterocycles. The number of nitrogens with one attached hydrogen (secondary N) is 1. The highest BCUT2D eigenvalue weighted by Crippen LogP contribution is 2.15. The Hall–Kier alpha value is -1.38. The van der Waals surface area contributed by atoms with Gasteiger partial charge in [-0.1, -0.05) is 13.8 Å². The van der Waals surface area contributed by atoms with Crippen LogP contribution in [0.2, 0.25) is 0 Å². The van der Waals surface area contributed by atoms with E-state index in [0.29, 0.717) is 5.92 Å². The Morgan fingerprint density at radius 1 is 1.38 bits per heavy atom. The molecule has 0 fully saturated rings. The van der Waals surface area contributed by atoms with E-state index in [1.807, 2.05) is 13.1 Å². The molecule has 3 heteroatoms. The van der Waals surface area contributed by atoms with Crippen LogP contribution in [0.1, 0.15) is 31.3 Å². The van der Waals surface area contributed by atoms with Gasteiger partial charge in [-0.05, 0) is 13.0 Å². The largest absolute Gasteiger partial charge is 0.343 e. The Labute approximate surface area is 77.2 Å². The van der Waals surface area contributed by atoms with E-state index in [2.05, 4.69) is 34.9 Å². The number of aromatic nitrogens is 3. The van der Waals surface area contributed by atoms with Crippen molar-refractivity contribution in [3.63, 3.8) is 0 Å². The van der Waals surface area contributed by atoms with Crippen molar-refractivity contribution >= 4 is 11.0 Å². The highest BCUT2D eigenvalue weighted by molar-refractivity contribution is 5.75. The first-order valence-electron chi connectivity index (χ1n) is 4.49. The standard InChI is InChI=1S/C10H13N3/c1-6(2)9-11-5-8-4-7(3)12-10(8)13-9/h4-6H,1-3H3,(H,11,12,13). The molecule has 0 aliphatic rings. The second-order valence-corrected chi connectivity index (χ2v) is 3.64. The van der Waals surface area contributed by atoms with Crippen molar-refractivity contribution in [2.45, 2.75) is 26.7 Å². The van der Waals surface area contributed by atoms with Gasteiger partial charge in [-0.25, -0.2) is 9.97 Å². The topological polar surface area (TPSA) is 41.6 Å². The van der Waals surface area contributed by atoms with E-state index in [1.54, 1.807) is 0 Å². The van der Waals surface area contributed by atoms with Crippen LogP contribution in [0.15, 0.2) is 12.3 Å². The maximum absolute atomic E-state index is 4.43. The quantitative estimate of drug-likeness (QED) is 0.723. The predicted octanol–water partition coefficient (Wildman–Crippen LogP) is 2.39. The molecule has 0 amide bonds. The van der Waals surface area contributed by atoms with Crippen molar-refractivity contribution in [1.82, 2.24) is 15.0 Å². The van der Waals surface area contributed by atoms with Crippen LogP contribution in [0.25, 0.3) is 11.0 Å². The lowest BCUT2D eigenvalue weighted by Crippen LogP contribution is -1.96. The fourth-order valence-electron chi connectivity index (χ4n) is 1.34. The van der Waals surface area contributed by atoms with Crippen molar-refractivity contribution in [3.05, 3.63) is 23.8 Å². The second kappa shape index (κ2) is 2.83. The third-order valence-electron chi connectivity index (χ3n) is 2.04. The summed E-state index contributed by atoms with van der Waals surface area (Å²) in [7, 11) is 0. The van der Waals surface area contributed by atoms with Gasteiger partial charge >= 0.3 is 0 Å². The van der Waals surface area contributed by atoms with Gasteiger partial charge < -0.3 is 4.98 Å². The summed E-state index contributed by atoms with van der Waals surface area (Å²) in [6, 6.07) is 2.06. The Bertz CT molecular complexity index is 429. The van der Waals surface area contributed by atoms with Crippen LogP contribution in [0.4, 0.5) is 0 Å². The molecule has 0 radical (unpaired) electrons. The van der Waals surface area contributed by atoms with Gasteiger partial charge in [0.1, 0.15) is 11.5 Å². The van der Waals surface area contributed by atoms with Crippen LogP contribution in [-0.2, 0) is 0 Å². The second-order valence-electron chi connectivity index (χ2n) is 3.64. The van der Waals surface area contributed by atoms with E-state index in [4.69, 9.17) is 0 Å². The molecule has 0 saturated carbocycles. The van der Waals surface area contributed by atoms with Gasteiger partial charge in [0.2, 0.25) is 0 Å². The molecule has 2 aromatic heterocycles. The van der Waals surface area contributed by atoms with Crippen molar-refractivity contribution in [2.24, 2.45) is 0 Å². The molecule has 2 aromatic rings. The minimum Gasteiger partial charge on any atom is -0.343 e. The minimum atomic E-state index is 0.382. The SMILES string of the molecule is Cc1cc2cnc(C(C)C)nc2[nH]1. The maximum Gasteiger partial charge on any atom is 0.141 e. The minimum absolute atomic E-state index is 0.382. The highest BCUT2D eigenvalue weighted by atomic mass is 14.9. The lowest BCUT2D eigenvalue weighted by molar-refractivity contribution is 0.781. The summed E-state index contributed by atoms with van der Waals surface area (Å²) in [5.74, 6) is 1.28. The summed E-state index contributed by atoms with van der Waals surface area (Å²) in [6.07, 6.45) is 1.88.